The van der Waals surface area contributed by atoms with Crippen molar-refractivity contribution in [2.24, 2.45) is 0 Å². The molecule has 0 unspecified atom stereocenters. The minimum absolute atomic E-state index is 0.312. The number of benzene rings is 1. The molecule has 1 aliphatic heterocycles. The number of hydrogen-bond acceptors (Lipinski definition) is 4. The Balaban J connectivity index is 1.80. The van der Waals surface area contributed by atoms with Crippen molar-refractivity contribution < 1.29 is 19.1 Å². The van der Waals surface area contributed by atoms with E-state index in [0.29, 0.717) is 17.0 Å². The Bertz CT molecular complexity index is 718. The lowest BCUT2D eigenvalue weighted by Gasteiger charge is -2.18. The summed E-state index contributed by atoms with van der Waals surface area (Å²) in [7, 11) is 0. The van der Waals surface area contributed by atoms with Gasteiger partial charge in [0.1, 0.15) is 5.76 Å². The molecule has 0 saturated heterocycles. The number of allylic oxidation sites excluding steroid dienone is 1. The maximum atomic E-state index is 12.0. The van der Waals surface area contributed by atoms with Gasteiger partial charge in [-0.1, -0.05) is 18.2 Å². The Morgan fingerprint density at radius 2 is 2.10 bits per heavy atom. The molecule has 21 heavy (non-hydrogen) atoms. The van der Waals surface area contributed by atoms with Gasteiger partial charge in [-0.2, -0.15) is 0 Å². The largest absolute Gasteiger partial charge is 0.465 e. The van der Waals surface area contributed by atoms with Crippen molar-refractivity contribution in [2.45, 2.75) is 12.0 Å². The molecule has 1 aromatic heterocycles. The zero-order valence-electron chi connectivity index (χ0n) is 11.1. The Hall–Kier alpha value is -2.66. The number of furan rings is 1. The van der Waals surface area contributed by atoms with Crippen LogP contribution < -0.4 is 5.32 Å². The molecule has 5 nitrogen and oxygen atoms in total. The first kappa shape index (κ1) is 13.3. The molecule has 5 heteroatoms. The number of fused-ring (bicyclic) bond motifs is 1. The zero-order chi connectivity index (χ0) is 14.9. The highest BCUT2D eigenvalue weighted by atomic mass is 16.3. The van der Waals surface area contributed by atoms with Crippen LogP contribution in [0.1, 0.15) is 17.7 Å². The molecule has 1 atom stereocenters. The van der Waals surface area contributed by atoms with Crippen LogP contribution in [0.25, 0.3) is 6.08 Å². The predicted molar refractivity (Wildman–Crippen MR) is 76.3 cm³/mol. The lowest BCUT2D eigenvalue weighted by molar-refractivity contribution is -0.138. The summed E-state index contributed by atoms with van der Waals surface area (Å²) in [4.78, 5) is 24.0. The third kappa shape index (κ3) is 2.39. The summed E-state index contributed by atoms with van der Waals surface area (Å²) in [6.45, 7) is 0. The highest BCUT2D eigenvalue weighted by Gasteiger charge is 2.46. The third-order valence-corrected chi connectivity index (χ3v) is 3.40. The molecule has 2 aromatic rings. The van der Waals surface area contributed by atoms with E-state index in [1.165, 1.54) is 18.4 Å². The molecule has 1 aliphatic rings. The average Bonchev–Trinajstić information content (AvgIpc) is 3.06. The van der Waals surface area contributed by atoms with Crippen molar-refractivity contribution in [2.75, 3.05) is 5.32 Å². The molecular weight excluding hydrogens is 270 g/mol. The molecule has 1 aromatic carbocycles. The second-order valence-corrected chi connectivity index (χ2v) is 4.85. The van der Waals surface area contributed by atoms with Gasteiger partial charge >= 0.3 is 0 Å². The maximum Gasteiger partial charge on any atom is 0.261 e. The minimum Gasteiger partial charge on any atom is -0.465 e. The number of rotatable bonds is 4. The fraction of sp³-hybridized carbons (Fsp3) is 0.125. The molecule has 3 rings (SSSR count). The van der Waals surface area contributed by atoms with E-state index in [0.717, 1.165) is 0 Å². The summed E-state index contributed by atoms with van der Waals surface area (Å²) < 4.78 is 5.08. The molecule has 0 aliphatic carbocycles. The van der Waals surface area contributed by atoms with Gasteiger partial charge in [0.2, 0.25) is 0 Å². The number of para-hydroxylation sites is 1. The van der Waals surface area contributed by atoms with Gasteiger partial charge in [0.25, 0.3) is 5.91 Å². The summed E-state index contributed by atoms with van der Waals surface area (Å²) in [5, 5.41) is 13.1. The molecule has 0 bridgehead atoms. The second-order valence-electron chi connectivity index (χ2n) is 4.85. The van der Waals surface area contributed by atoms with Gasteiger partial charge in [-0.25, -0.2) is 0 Å². The van der Waals surface area contributed by atoms with E-state index in [4.69, 9.17) is 4.42 Å². The average molecular weight is 283 g/mol. The van der Waals surface area contributed by atoms with Crippen molar-refractivity contribution >= 4 is 23.5 Å². The van der Waals surface area contributed by atoms with Crippen LogP contribution in [0, 0.1) is 0 Å². The van der Waals surface area contributed by atoms with Crippen LogP contribution in [0.2, 0.25) is 0 Å². The topological polar surface area (TPSA) is 79.5 Å². The monoisotopic (exact) mass is 283 g/mol. The molecule has 106 valence electrons. The fourth-order valence-electron chi connectivity index (χ4n) is 2.35. The highest BCUT2D eigenvalue weighted by molar-refractivity contribution is 6.08. The summed E-state index contributed by atoms with van der Waals surface area (Å²) in [5.41, 5.74) is -0.858. The molecular formula is C16H13NO4. The van der Waals surface area contributed by atoms with Gasteiger partial charge in [0.15, 0.2) is 11.4 Å². The molecule has 0 fully saturated rings. The van der Waals surface area contributed by atoms with Gasteiger partial charge in [-0.3, -0.25) is 9.59 Å². The van der Waals surface area contributed by atoms with Crippen molar-refractivity contribution in [3.05, 3.63) is 60.1 Å². The Morgan fingerprint density at radius 1 is 1.29 bits per heavy atom. The maximum absolute atomic E-state index is 12.0. The Labute approximate surface area is 120 Å². The predicted octanol–water partition coefficient (Wildman–Crippen LogP) is 2.09. The van der Waals surface area contributed by atoms with Gasteiger partial charge < -0.3 is 14.8 Å². The van der Waals surface area contributed by atoms with Crippen molar-refractivity contribution in [3.8, 4) is 0 Å². The molecule has 1 amide bonds. The van der Waals surface area contributed by atoms with Crippen molar-refractivity contribution in [1.29, 1.82) is 0 Å². The van der Waals surface area contributed by atoms with Gasteiger partial charge in [-0.15, -0.1) is 0 Å². The lowest BCUT2D eigenvalue weighted by atomic mass is 9.90. The van der Waals surface area contributed by atoms with E-state index in [1.54, 1.807) is 36.4 Å². The number of carbonyl (C=O) groups excluding carboxylic acids is 2. The molecule has 0 radical (unpaired) electrons. The third-order valence-electron chi connectivity index (χ3n) is 3.40. The number of carbonyl (C=O) groups is 2. The van der Waals surface area contributed by atoms with Gasteiger partial charge in [0, 0.05) is 11.3 Å². The Kier molecular flexibility index (Phi) is 3.19. The fourth-order valence-corrected chi connectivity index (χ4v) is 2.35. The van der Waals surface area contributed by atoms with E-state index in [2.05, 4.69) is 5.32 Å². The first-order chi connectivity index (χ1) is 10.1. The SMILES string of the molecule is O=C(/C=C/c1ccco1)C[C@@]1(O)C(=O)Nc2ccccc21. The van der Waals surface area contributed by atoms with E-state index in [9.17, 15) is 14.7 Å². The number of ketones is 1. The number of hydrogen-bond donors (Lipinski definition) is 2. The van der Waals surface area contributed by atoms with E-state index in [1.807, 2.05) is 0 Å². The molecule has 2 heterocycles. The summed E-state index contributed by atoms with van der Waals surface area (Å²) in [6.07, 6.45) is 3.99. The first-order valence-electron chi connectivity index (χ1n) is 6.47. The minimum atomic E-state index is -1.82. The Morgan fingerprint density at radius 3 is 2.86 bits per heavy atom. The molecule has 0 saturated carbocycles. The quantitative estimate of drug-likeness (QED) is 0.842. The number of amides is 1. The van der Waals surface area contributed by atoms with Crippen molar-refractivity contribution in [1.82, 2.24) is 0 Å². The standard InChI is InChI=1S/C16H13NO4/c18-11(7-8-12-4-3-9-21-12)10-16(20)13-5-1-2-6-14(13)17-15(16)19/h1-9,20H,10H2,(H,17,19)/b8-7+/t16-/m0/s1. The molecule has 2 N–H and O–H groups in total. The van der Waals surface area contributed by atoms with Crippen LogP contribution in [-0.4, -0.2) is 16.8 Å². The highest BCUT2D eigenvalue weighted by Crippen LogP contribution is 2.38. The van der Waals surface area contributed by atoms with Crippen LogP contribution >= 0.6 is 0 Å². The van der Waals surface area contributed by atoms with E-state index in [-0.39, 0.29) is 12.2 Å². The first-order valence-corrected chi connectivity index (χ1v) is 6.47. The van der Waals surface area contributed by atoms with Gasteiger partial charge in [-0.05, 0) is 30.4 Å². The summed E-state index contributed by atoms with van der Waals surface area (Å²) in [5.74, 6) is -0.407. The second kappa shape index (κ2) is 5.03. The van der Waals surface area contributed by atoms with Crippen molar-refractivity contribution in [3.63, 3.8) is 0 Å². The number of aliphatic hydroxyl groups is 1. The summed E-state index contributed by atoms with van der Waals surface area (Å²) >= 11 is 0. The van der Waals surface area contributed by atoms with E-state index >= 15 is 0 Å². The number of anilines is 1. The van der Waals surface area contributed by atoms with Crippen LogP contribution in [0.15, 0.2) is 53.2 Å². The van der Waals surface area contributed by atoms with Gasteiger partial charge in [0.05, 0.1) is 12.7 Å². The zero-order valence-corrected chi connectivity index (χ0v) is 11.1. The summed E-state index contributed by atoms with van der Waals surface area (Å²) in [6, 6.07) is 10.2. The van der Waals surface area contributed by atoms with Crippen LogP contribution in [0.5, 0.6) is 0 Å². The normalized spacial score (nSPS) is 20.5. The van der Waals surface area contributed by atoms with Crippen LogP contribution in [0.4, 0.5) is 5.69 Å². The molecule has 0 spiro atoms. The smallest absolute Gasteiger partial charge is 0.261 e. The number of nitrogens with one attached hydrogen (secondary N) is 1. The van der Waals surface area contributed by atoms with E-state index < -0.39 is 11.5 Å². The van der Waals surface area contributed by atoms with Crippen LogP contribution in [-0.2, 0) is 15.2 Å². The van der Waals surface area contributed by atoms with Crippen LogP contribution in [0.3, 0.4) is 0 Å². The lowest BCUT2D eigenvalue weighted by Crippen LogP contribution is -2.36.